The van der Waals surface area contributed by atoms with Crippen molar-refractivity contribution < 1.29 is 4.79 Å². The quantitative estimate of drug-likeness (QED) is 0.881. The number of rotatable bonds is 2. The standard InChI is InChI=1S/C15H18N4O/c1-10-5-3-6-12(11(10)2)17-14(20)13-9-19-8-4-7-16-15(19)18-13/h3,5-6,9H,4,7-8H2,1-2H3,(H,16,18)(H,17,20). The van der Waals surface area contributed by atoms with Crippen LogP contribution in [0.25, 0.3) is 0 Å². The van der Waals surface area contributed by atoms with Gasteiger partial charge in [-0.3, -0.25) is 4.79 Å². The lowest BCUT2D eigenvalue weighted by molar-refractivity contribution is 0.102. The van der Waals surface area contributed by atoms with Crippen molar-refractivity contribution in [3.63, 3.8) is 0 Å². The number of benzene rings is 1. The summed E-state index contributed by atoms with van der Waals surface area (Å²) in [6.07, 6.45) is 2.86. The van der Waals surface area contributed by atoms with Crippen molar-refractivity contribution in [2.24, 2.45) is 0 Å². The molecule has 0 saturated heterocycles. The lowest BCUT2D eigenvalue weighted by Gasteiger charge is -2.14. The number of amides is 1. The van der Waals surface area contributed by atoms with Gasteiger partial charge < -0.3 is 15.2 Å². The van der Waals surface area contributed by atoms with Crippen LogP contribution in [0.3, 0.4) is 0 Å². The van der Waals surface area contributed by atoms with E-state index in [1.54, 1.807) is 0 Å². The molecule has 20 heavy (non-hydrogen) atoms. The number of aryl methyl sites for hydroxylation is 2. The molecule has 0 atom stereocenters. The highest BCUT2D eigenvalue weighted by Gasteiger charge is 2.17. The van der Waals surface area contributed by atoms with Gasteiger partial charge in [-0.05, 0) is 37.5 Å². The van der Waals surface area contributed by atoms with Crippen LogP contribution in [-0.2, 0) is 6.54 Å². The summed E-state index contributed by atoms with van der Waals surface area (Å²) in [6.45, 7) is 5.86. The largest absolute Gasteiger partial charge is 0.356 e. The minimum absolute atomic E-state index is 0.164. The average molecular weight is 270 g/mol. The molecule has 5 nitrogen and oxygen atoms in total. The number of aromatic nitrogens is 2. The fraction of sp³-hybridized carbons (Fsp3) is 0.333. The van der Waals surface area contributed by atoms with Gasteiger partial charge in [0.2, 0.25) is 5.95 Å². The molecule has 0 aliphatic carbocycles. The topological polar surface area (TPSA) is 59.0 Å². The Balaban J connectivity index is 1.82. The number of anilines is 2. The zero-order chi connectivity index (χ0) is 14.1. The highest BCUT2D eigenvalue weighted by Crippen LogP contribution is 2.20. The maximum Gasteiger partial charge on any atom is 0.275 e. The van der Waals surface area contributed by atoms with Crippen LogP contribution >= 0.6 is 0 Å². The maximum atomic E-state index is 12.3. The normalized spacial score (nSPS) is 13.5. The van der Waals surface area contributed by atoms with Crippen molar-refractivity contribution in [3.05, 3.63) is 41.2 Å². The van der Waals surface area contributed by atoms with Gasteiger partial charge in [-0.2, -0.15) is 0 Å². The van der Waals surface area contributed by atoms with Gasteiger partial charge in [0.15, 0.2) is 0 Å². The highest BCUT2D eigenvalue weighted by molar-refractivity contribution is 6.03. The van der Waals surface area contributed by atoms with E-state index in [1.165, 1.54) is 0 Å². The third-order valence-corrected chi connectivity index (χ3v) is 3.72. The minimum Gasteiger partial charge on any atom is -0.356 e. The molecular weight excluding hydrogens is 252 g/mol. The van der Waals surface area contributed by atoms with Gasteiger partial charge >= 0.3 is 0 Å². The Hall–Kier alpha value is -2.30. The van der Waals surface area contributed by atoms with E-state index in [9.17, 15) is 4.79 Å². The van der Waals surface area contributed by atoms with Crippen LogP contribution in [0.1, 0.15) is 28.0 Å². The monoisotopic (exact) mass is 270 g/mol. The second-order valence-corrected chi connectivity index (χ2v) is 5.13. The summed E-state index contributed by atoms with van der Waals surface area (Å²) in [5, 5.41) is 6.13. The first-order valence-electron chi connectivity index (χ1n) is 6.84. The average Bonchev–Trinajstić information content (AvgIpc) is 2.88. The zero-order valence-corrected chi connectivity index (χ0v) is 11.7. The molecule has 0 bridgehead atoms. The summed E-state index contributed by atoms with van der Waals surface area (Å²) in [4.78, 5) is 16.6. The van der Waals surface area contributed by atoms with Crippen LogP contribution in [0.4, 0.5) is 11.6 Å². The fourth-order valence-electron chi connectivity index (χ4n) is 2.36. The highest BCUT2D eigenvalue weighted by atomic mass is 16.1. The lowest BCUT2D eigenvalue weighted by Crippen LogP contribution is -2.16. The molecule has 0 fully saturated rings. The van der Waals surface area contributed by atoms with Crippen LogP contribution in [0, 0.1) is 13.8 Å². The third-order valence-electron chi connectivity index (χ3n) is 3.72. The number of nitrogens with one attached hydrogen (secondary N) is 2. The molecule has 5 heteroatoms. The first-order chi connectivity index (χ1) is 9.65. The van der Waals surface area contributed by atoms with E-state index in [4.69, 9.17) is 0 Å². The van der Waals surface area contributed by atoms with Gasteiger partial charge in [0.05, 0.1) is 0 Å². The Morgan fingerprint density at radius 1 is 1.40 bits per heavy atom. The summed E-state index contributed by atoms with van der Waals surface area (Å²) in [5.74, 6) is 0.616. The number of imidazole rings is 1. The number of fused-ring (bicyclic) bond motifs is 1. The molecular formula is C15H18N4O. The molecule has 1 aliphatic heterocycles. The van der Waals surface area contributed by atoms with E-state index in [0.717, 1.165) is 42.3 Å². The molecule has 1 aromatic heterocycles. The molecule has 2 N–H and O–H groups in total. The van der Waals surface area contributed by atoms with Gasteiger partial charge in [-0.25, -0.2) is 4.98 Å². The van der Waals surface area contributed by atoms with Crippen molar-refractivity contribution in [3.8, 4) is 0 Å². The number of hydrogen-bond donors (Lipinski definition) is 2. The molecule has 0 unspecified atom stereocenters. The molecule has 104 valence electrons. The molecule has 2 heterocycles. The van der Waals surface area contributed by atoms with Crippen LogP contribution in [0.5, 0.6) is 0 Å². The molecule has 0 spiro atoms. The van der Waals surface area contributed by atoms with Gasteiger partial charge in [0.25, 0.3) is 5.91 Å². The molecule has 1 amide bonds. The van der Waals surface area contributed by atoms with E-state index < -0.39 is 0 Å². The number of hydrogen-bond acceptors (Lipinski definition) is 3. The second kappa shape index (κ2) is 5.00. The summed E-state index contributed by atoms with van der Waals surface area (Å²) in [6, 6.07) is 5.89. The molecule has 1 aromatic carbocycles. The Kier molecular flexibility index (Phi) is 3.18. The van der Waals surface area contributed by atoms with Gasteiger partial charge in [-0.1, -0.05) is 12.1 Å². The van der Waals surface area contributed by atoms with Crippen molar-refractivity contribution >= 4 is 17.5 Å². The first kappa shape index (κ1) is 12.7. The predicted octanol–water partition coefficient (Wildman–Crippen LogP) is 2.57. The molecule has 3 rings (SSSR count). The SMILES string of the molecule is Cc1cccc(NC(=O)c2cn3c(n2)NCCC3)c1C. The summed E-state index contributed by atoms with van der Waals surface area (Å²) in [7, 11) is 0. The van der Waals surface area contributed by atoms with Crippen molar-refractivity contribution in [1.29, 1.82) is 0 Å². The van der Waals surface area contributed by atoms with Crippen LogP contribution in [-0.4, -0.2) is 22.0 Å². The maximum absolute atomic E-state index is 12.3. The predicted molar refractivity (Wildman–Crippen MR) is 79.2 cm³/mol. The molecule has 2 aromatic rings. The number of nitrogens with zero attached hydrogens (tertiary/aromatic N) is 2. The summed E-state index contributed by atoms with van der Waals surface area (Å²) < 4.78 is 1.99. The van der Waals surface area contributed by atoms with Crippen molar-refractivity contribution in [2.75, 3.05) is 17.2 Å². The van der Waals surface area contributed by atoms with Crippen molar-refractivity contribution in [1.82, 2.24) is 9.55 Å². The zero-order valence-electron chi connectivity index (χ0n) is 11.7. The second-order valence-electron chi connectivity index (χ2n) is 5.13. The number of carbonyl (C=O) groups is 1. The molecule has 1 aliphatic rings. The lowest BCUT2D eigenvalue weighted by atomic mass is 10.1. The third kappa shape index (κ3) is 2.27. The Morgan fingerprint density at radius 2 is 2.25 bits per heavy atom. The Bertz CT molecular complexity index is 636. The van der Waals surface area contributed by atoms with E-state index in [2.05, 4.69) is 15.6 Å². The summed E-state index contributed by atoms with van der Waals surface area (Å²) in [5.41, 5.74) is 3.54. The van der Waals surface area contributed by atoms with E-state index >= 15 is 0 Å². The minimum atomic E-state index is -0.164. The van der Waals surface area contributed by atoms with Gasteiger partial charge in [0.1, 0.15) is 5.69 Å². The van der Waals surface area contributed by atoms with Gasteiger partial charge in [-0.15, -0.1) is 0 Å². The molecule has 0 radical (unpaired) electrons. The Labute approximate surface area is 118 Å². The summed E-state index contributed by atoms with van der Waals surface area (Å²) >= 11 is 0. The number of carbonyl (C=O) groups excluding carboxylic acids is 1. The van der Waals surface area contributed by atoms with E-state index in [1.807, 2.05) is 42.8 Å². The van der Waals surface area contributed by atoms with Crippen molar-refractivity contribution in [2.45, 2.75) is 26.8 Å². The smallest absolute Gasteiger partial charge is 0.275 e. The van der Waals surface area contributed by atoms with Crippen LogP contribution in [0.2, 0.25) is 0 Å². The van der Waals surface area contributed by atoms with E-state index in [0.29, 0.717) is 5.69 Å². The van der Waals surface area contributed by atoms with Crippen LogP contribution < -0.4 is 10.6 Å². The fourth-order valence-corrected chi connectivity index (χ4v) is 2.36. The van der Waals surface area contributed by atoms with Crippen LogP contribution in [0.15, 0.2) is 24.4 Å². The first-order valence-corrected chi connectivity index (χ1v) is 6.84. The van der Waals surface area contributed by atoms with E-state index in [-0.39, 0.29) is 5.91 Å². The Morgan fingerprint density at radius 3 is 3.05 bits per heavy atom. The molecule has 0 saturated carbocycles. The van der Waals surface area contributed by atoms with Gasteiger partial charge in [0, 0.05) is 25.0 Å².